The molecule has 7 nitrogen and oxygen atoms in total. The molecule has 1 saturated heterocycles. The van der Waals surface area contributed by atoms with Gasteiger partial charge in [-0.05, 0) is 31.4 Å². The van der Waals surface area contributed by atoms with E-state index in [2.05, 4.69) is 0 Å². The average molecular weight is 296 g/mol. The first kappa shape index (κ1) is 14.9. The summed E-state index contributed by atoms with van der Waals surface area (Å²) in [5, 5.41) is 19.7. The molecule has 1 aromatic carbocycles. The molecule has 0 bridgehead atoms. The number of piperidine rings is 1. The SMILES string of the molecule is O=C(O)[C@H]1CCCCN1C(=O)c1ccc([N+](=O)[O-])c(F)c1. The fraction of sp³-hybridized carbons (Fsp3) is 0.385. The largest absolute Gasteiger partial charge is 0.480 e. The van der Waals surface area contributed by atoms with Crippen molar-refractivity contribution in [1.82, 2.24) is 4.90 Å². The number of carbonyl (C=O) groups is 2. The van der Waals surface area contributed by atoms with E-state index in [9.17, 15) is 24.1 Å². The lowest BCUT2D eigenvalue weighted by Gasteiger charge is -2.33. The molecular weight excluding hydrogens is 283 g/mol. The zero-order valence-electron chi connectivity index (χ0n) is 11.0. The Morgan fingerprint density at radius 1 is 1.38 bits per heavy atom. The van der Waals surface area contributed by atoms with Gasteiger partial charge < -0.3 is 10.0 Å². The zero-order chi connectivity index (χ0) is 15.6. The smallest absolute Gasteiger partial charge is 0.326 e. The number of hydrogen-bond acceptors (Lipinski definition) is 4. The molecule has 2 rings (SSSR count). The van der Waals surface area contributed by atoms with E-state index in [1.54, 1.807) is 0 Å². The summed E-state index contributed by atoms with van der Waals surface area (Å²) in [6, 6.07) is 1.87. The summed E-state index contributed by atoms with van der Waals surface area (Å²) in [4.78, 5) is 34.3. The summed E-state index contributed by atoms with van der Waals surface area (Å²) in [5.74, 6) is -2.85. The van der Waals surface area contributed by atoms with Gasteiger partial charge >= 0.3 is 11.7 Å². The molecule has 8 heteroatoms. The first-order valence-electron chi connectivity index (χ1n) is 6.39. The van der Waals surface area contributed by atoms with E-state index in [0.29, 0.717) is 19.3 Å². The molecule has 1 amide bonds. The molecule has 1 aliphatic rings. The van der Waals surface area contributed by atoms with Crippen LogP contribution in [0.3, 0.4) is 0 Å². The number of carboxylic acids is 1. The van der Waals surface area contributed by atoms with Crippen molar-refractivity contribution < 1.29 is 24.0 Å². The van der Waals surface area contributed by atoms with Crippen LogP contribution in [0.15, 0.2) is 18.2 Å². The van der Waals surface area contributed by atoms with E-state index in [1.807, 2.05) is 0 Å². The lowest BCUT2D eigenvalue weighted by atomic mass is 10.0. The van der Waals surface area contributed by atoms with Crippen molar-refractivity contribution in [3.8, 4) is 0 Å². The molecule has 1 N–H and O–H groups in total. The normalized spacial score (nSPS) is 18.3. The summed E-state index contributed by atoms with van der Waals surface area (Å²) in [5.41, 5.74) is -0.814. The van der Waals surface area contributed by atoms with E-state index in [4.69, 9.17) is 5.11 Å². The number of nitrogens with zero attached hydrogens (tertiary/aromatic N) is 2. The maximum absolute atomic E-state index is 13.6. The van der Waals surface area contributed by atoms with Crippen molar-refractivity contribution in [1.29, 1.82) is 0 Å². The highest BCUT2D eigenvalue weighted by Crippen LogP contribution is 2.23. The molecule has 112 valence electrons. The van der Waals surface area contributed by atoms with Gasteiger partial charge in [-0.15, -0.1) is 0 Å². The van der Waals surface area contributed by atoms with E-state index in [-0.39, 0.29) is 12.1 Å². The van der Waals surface area contributed by atoms with Crippen LogP contribution < -0.4 is 0 Å². The molecule has 1 aromatic rings. The standard InChI is InChI=1S/C13H13FN2O5/c14-9-7-8(4-5-10(9)16(20)21)12(17)15-6-2-1-3-11(15)13(18)19/h4-5,7,11H,1-3,6H2,(H,18,19)/t11-/m1/s1. The minimum absolute atomic E-state index is 0.0914. The number of nitro benzene ring substituents is 1. The predicted molar refractivity (Wildman–Crippen MR) is 69.4 cm³/mol. The van der Waals surface area contributed by atoms with Gasteiger partial charge in [0, 0.05) is 18.2 Å². The summed E-state index contributed by atoms with van der Waals surface area (Å²) in [6.07, 6.45) is 1.72. The van der Waals surface area contributed by atoms with E-state index in [0.717, 1.165) is 18.2 Å². The fourth-order valence-electron chi connectivity index (χ4n) is 2.39. The molecule has 0 spiro atoms. The predicted octanol–water partition coefficient (Wildman–Crippen LogP) is 1.81. The summed E-state index contributed by atoms with van der Waals surface area (Å²) < 4.78 is 13.6. The Labute approximate surface area is 119 Å². The van der Waals surface area contributed by atoms with Gasteiger partial charge in [0.2, 0.25) is 5.82 Å². The highest BCUT2D eigenvalue weighted by molar-refractivity contribution is 5.97. The van der Waals surface area contributed by atoms with Crippen LogP contribution in [0, 0.1) is 15.9 Å². The monoisotopic (exact) mass is 296 g/mol. The molecule has 1 atom stereocenters. The Balaban J connectivity index is 2.28. The molecule has 0 unspecified atom stereocenters. The second-order valence-electron chi connectivity index (χ2n) is 4.77. The van der Waals surface area contributed by atoms with Crippen LogP contribution in [0.4, 0.5) is 10.1 Å². The number of carboxylic acid groups (broad SMARTS) is 1. The van der Waals surface area contributed by atoms with Crippen LogP contribution in [0.2, 0.25) is 0 Å². The van der Waals surface area contributed by atoms with Gasteiger partial charge in [-0.2, -0.15) is 4.39 Å². The molecule has 1 fully saturated rings. The third kappa shape index (κ3) is 2.99. The first-order chi connectivity index (χ1) is 9.91. The number of likely N-dealkylation sites (tertiary alicyclic amines) is 1. The fourth-order valence-corrected chi connectivity index (χ4v) is 2.39. The van der Waals surface area contributed by atoms with Crippen LogP contribution in [0.25, 0.3) is 0 Å². The average Bonchev–Trinajstić information content (AvgIpc) is 2.45. The number of aliphatic carboxylic acids is 1. The van der Waals surface area contributed by atoms with Crippen LogP contribution in [-0.2, 0) is 4.79 Å². The Morgan fingerprint density at radius 2 is 2.10 bits per heavy atom. The van der Waals surface area contributed by atoms with Crippen LogP contribution in [0.1, 0.15) is 29.6 Å². The molecule has 1 heterocycles. The number of nitro groups is 1. The summed E-state index contributed by atoms with van der Waals surface area (Å²) >= 11 is 0. The van der Waals surface area contributed by atoms with Gasteiger partial charge in [0.25, 0.3) is 5.91 Å². The van der Waals surface area contributed by atoms with Crippen molar-refractivity contribution in [3.63, 3.8) is 0 Å². The maximum atomic E-state index is 13.6. The summed E-state index contributed by atoms with van der Waals surface area (Å²) in [7, 11) is 0. The second-order valence-corrected chi connectivity index (χ2v) is 4.77. The van der Waals surface area contributed by atoms with Gasteiger partial charge in [0.15, 0.2) is 0 Å². The Hall–Kier alpha value is -2.51. The minimum Gasteiger partial charge on any atom is -0.480 e. The van der Waals surface area contributed by atoms with E-state index >= 15 is 0 Å². The summed E-state index contributed by atoms with van der Waals surface area (Å²) in [6.45, 7) is 0.272. The van der Waals surface area contributed by atoms with Crippen LogP contribution >= 0.6 is 0 Å². The second kappa shape index (κ2) is 5.86. The molecular formula is C13H13FN2O5. The molecule has 0 aromatic heterocycles. The lowest BCUT2D eigenvalue weighted by molar-refractivity contribution is -0.387. The number of halogens is 1. The Bertz CT molecular complexity index is 604. The minimum atomic E-state index is -1.12. The van der Waals surface area contributed by atoms with Crippen LogP contribution in [-0.4, -0.2) is 39.4 Å². The van der Waals surface area contributed by atoms with Gasteiger partial charge in [-0.1, -0.05) is 0 Å². The Morgan fingerprint density at radius 3 is 2.67 bits per heavy atom. The highest BCUT2D eigenvalue weighted by Gasteiger charge is 2.33. The van der Waals surface area contributed by atoms with Crippen molar-refractivity contribution in [2.45, 2.75) is 25.3 Å². The molecule has 0 aliphatic carbocycles. The quantitative estimate of drug-likeness (QED) is 0.677. The third-order valence-corrected chi connectivity index (χ3v) is 3.44. The van der Waals surface area contributed by atoms with Crippen molar-refractivity contribution >= 4 is 17.6 Å². The third-order valence-electron chi connectivity index (χ3n) is 3.44. The molecule has 1 aliphatic heterocycles. The van der Waals surface area contributed by atoms with Gasteiger partial charge in [0.1, 0.15) is 6.04 Å². The van der Waals surface area contributed by atoms with E-state index < -0.39 is 34.3 Å². The molecule has 0 saturated carbocycles. The number of hydrogen-bond donors (Lipinski definition) is 1. The van der Waals surface area contributed by atoms with Crippen molar-refractivity contribution in [2.24, 2.45) is 0 Å². The number of rotatable bonds is 3. The van der Waals surface area contributed by atoms with Crippen molar-refractivity contribution in [2.75, 3.05) is 6.54 Å². The zero-order valence-corrected chi connectivity index (χ0v) is 11.0. The highest BCUT2D eigenvalue weighted by atomic mass is 19.1. The number of amides is 1. The van der Waals surface area contributed by atoms with Gasteiger partial charge in [0.05, 0.1) is 4.92 Å². The number of carbonyl (C=O) groups excluding carboxylic acids is 1. The maximum Gasteiger partial charge on any atom is 0.326 e. The number of benzene rings is 1. The van der Waals surface area contributed by atoms with Crippen LogP contribution in [0.5, 0.6) is 0 Å². The molecule has 21 heavy (non-hydrogen) atoms. The van der Waals surface area contributed by atoms with Gasteiger partial charge in [-0.25, -0.2) is 4.79 Å². The first-order valence-corrected chi connectivity index (χ1v) is 6.39. The van der Waals surface area contributed by atoms with Crippen molar-refractivity contribution in [3.05, 3.63) is 39.7 Å². The Kier molecular flexibility index (Phi) is 4.15. The van der Waals surface area contributed by atoms with E-state index in [1.165, 1.54) is 4.90 Å². The van der Waals surface area contributed by atoms with Gasteiger partial charge in [-0.3, -0.25) is 14.9 Å². The topological polar surface area (TPSA) is 101 Å². The molecule has 0 radical (unpaired) electrons. The lowest BCUT2D eigenvalue weighted by Crippen LogP contribution is -2.48.